The second-order valence-corrected chi connectivity index (χ2v) is 6.25. The van der Waals surface area contributed by atoms with E-state index < -0.39 is 17.3 Å². The summed E-state index contributed by atoms with van der Waals surface area (Å²) in [5, 5.41) is 31.1. The highest BCUT2D eigenvalue weighted by Crippen LogP contribution is 2.44. The lowest BCUT2D eigenvalue weighted by Crippen LogP contribution is -2.21. The smallest absolute Gasteiger partial charge is 0.198 e. The first-order valence-electron chi connectivity index (χ1n) is 7.97. The maximum absolute atomic E-state index is 12.9. The molecule has 0 atom stereocenters. The number of ketones is 2. The van der Waals surface area contributed by atoms with Gasteiger partial charge in [-0.1, -0.05) is 36.4 Å². The Balaban J connectivity index is 2.01. The van der Waals surface area contributed by atoms with Gasteiger partial charge >= 0.3 is 0 Å². The van der Waals surface area contributed by atoms with Crippen LogP contribution in [0.15, 0.2) is 48.5 Å². The molecule has 1 aliphatic carbocycles. The second kappa shape index (κ2) is 5.46. The molecule has 0 aromatic heterocycles. The molecular formula is C21H14O5. The normalized spacial score (nSPS) is 12.7. The van der Waals surface area contributed by atoms with Crippen molar-refractivity contribution in [2.75, 3.05) is 0 Å². The highest BCUT2D eigenvalue weighted by Gasteiger charge is 2.35. The fourth-order valence-electron chi connectivity index (χ4n) is 3.25. The van der Waals surface area contributed by atoms with E-state index >= 15 is 0 Å². The second-order valence-electron chi connectivity index (χ2n) is 6.25. The largest absolute Gasteiger partial charge is 0.508 e. The SMILES string of the molecule is Cc1ccc(-c2cc(O)c3c(c2O)C(=O)c2ccccc2C3=O)cc1O. The number of aromatic hydroxyl groups is 3. The van der Waals surface area contributed by atoms with E-state index in [4.69, 9.17) is 0 Å². The Morgan fingerprint density at radius 1 is 0.692 bits per heavy atom. The summed E-state index contributed by atoms with van der Waals surface area (Å²) < 4.78 is 0. The predicted octanol–water partition coefficient (Wildman–Crippen LogP) is 3.55. The number of aryl methyl sites for hydroxylation is 1. The molecule has 128 valence electrons. The molecular weight excluding hydrogens is 332 g/mol. The van der Waals surface area contributed by atoms with E-state index in [-0.39, 0.29) is 39.3 Å². The summed E-state index contributed by atoms with van der Waals surface area (Å²) in [6.07, 6.45) is 0. The van der Waals surface area contributed by atoms with Gasteiger partial charge in [-0.15, -0.1) is 0 Å². The number of hydrogen-bond acceptors (Lipinski definition) is 5. The van der Waals surface area contributed by atoms with Crippen molar-refractivity contribution in [3.63, 3.8) is 0 Å². The molecule has 1 aliphatic rings. The average Bonchev–Trinajstić information content (AvgIpc) is 2.63. The molecule has 0 radical (unpaired) electrons. The van der Waals surface area contributed by atoms with Crippen LogP contribution in [0.4, 0.5) is 0 Å². The molecule has 0 amide bonds. The lowest BCUT2D eigenvalue weighted by molar-refractivity contribution is 0.0974. The van der Waals surface area contributed by atoms with Crippen LogP contribution < -0.4 is 0 Å². The zero-order chi connectivity index (χ0) is 18.6. The molecule has 0 spiro atoms. The third kappa shape index (κ3) is 2.10. The van der Waals surface area contributed by atoms with Crippen LogP contribution in [-0.4, -0.2) is 26.9 Å². The summed E-state index contributed by atoms with van der Waals surface area (Å²) in [7, 11) is 0. The van der Waals surface area contributed by atoms with Crippen molar-refractivity contribution in [3.8, 4) is 28.4 Å². The Bertz CT molecular complexity index is 1110. The van der Waals surface area contributed by atoms with Gasteiger partial charge in [0.1, 0.15) is 17.2 Å². The lowest BCUT2D eigenvalue weighted by atomic mass is 9.81. The zero-order valence-corrected chi connectivity index (χ0v) is 13.8. The fourth-order valence-corrected chi connectivity index (χ4v) is 3.25. The van der Waals surface area contributed by atoms with Crippen LogP contribution in [0.3, 0.4) is 0 Å². The number of phenolic OH excluding ortho intramolecular Hbond substituents is 3. The van der Waals surface area contributed by atoms with Crippen molar-refractivity contribution >= 4 is 11.6 Å². The van der Waals surface area contributed by atoms with Crippen molar-refractivity contribution in [2.45, 2.75) is 6.92 Å². The van der Waals surface area contributed by atoms with Crippen molar-refractivity contribution in [1.82, 2.24) is 0 Å². The molecule has 5 heteroatoms. The first kappa shape index (κ1) is 15.9. The van der Waals surface area contributed by atoms with Crippen LogP contribution in [0, 0.1) is 6.92 Å². The van der Waals surface area contributed by atoms with Crippen LogP contribution in [0.1, 0.15) is 37.4 Å². The molecule has 0 heterocycles. The molecule has 3 N–H and O–H groups in total. The summed E-state index contributed by atoms with van der Waals surface area (Å²) in [4.78, 5) is 25.6. The van der Waals surface area contributed by atoms with Crippen molar-refractivity contribution in [1.29, 1.82) is 0 Å². The first-order valence-corrected chi connectivity index (χ1v) is 7.97. The van der Waals surface area contributed by atoms with Crippen molar-refractivity contribution < 1.29 is 24.9 Å². The Morgan fingerprint density at radius 3 is 1.92 bits per heavy atom. The van der Waals surface area contributed by atoms with E-state index in [1.807, 2.05) is 0 Å². The van der Waals surface area contributed by atoms with E-state index in [1.54, 1.807) is 31.2 Å². The summed E-state index contributed by atoms with van der Waals surface area (Å²) in [5.74, 6) is -1.80. The Morgan fingerprint density at radius 2 is 1.31 bits per heavy atom. The Labute approximate surface area is 148 Å². The molecule has 26 heavy (non-hydrogen) atoms. The molecule has 0 aliphatic heterocycles. The quantitative estimate of drug-likeness (QED) is 0.458. The summed E-state index contributed by atoms with van der Waals surface area (Å²) >= 11 is 0. The van der Waals surface area contributed by atoms with E-state index in [0.29, 0.717) is 11.1 Å². The fraction of sp³-hybridized carbons (Fsp3) is 0.0476. The predicted molar refractivity (Wildman–Crippen MR) is 94.9 cm³/mol. The number of phenols is 3. The number of carbonyl (C=O) groups is 2. The third-order valence-electron chi connectivity index (χ3n) is 4.67. The highest BCUT2D eigenvalue weighted by molar-refractivity contribution is 6.30. The minimum absolute atomic E-state index is 0.0202. The highest BCUT2D eigenvalue weighted by atomic mass is 16.3. The number of benzene rings is 3. The van der Waals surface area contributed by atoms with Gasteiger partial charge in [0.2, 0.25) is 0 Å². The van der Waals surface area contributed by atoms with E-state index in [1.165, 1.54) is 24.3 Å². The minimum atomic E-state index is -0.527. The molecule has 4 rings (SSSR count). The van der Waals surface area contributed by atoms with Gasteiger partial charge in [-0.25, -0.2) is 0 Å². The van der Waals surface area contributed by atoms with E-state index in [9.17, 15) is 24.9 Å². The molecule has 0 bridgehead atoms. The van der Waals surface area contributed by atoms with Gasteiger partial charge in [-0.2, -0.15) is 0 Å². The van der Waals surface area contributed by atoms with E-state index in [0.717, 1.165) is 0 Å². The number of carbonyl (C=O) groups excluding carboxylic acids is 2. The first-order chi connectivity index (χ1) is 12.4. The van der Waals surface area contributed by atoms with Crippen molar-refractivity contribution in [3.05, 3.63) is 76.3 Å². The van der Waals surface area contributed by atoms with Crippen LogP contribution in [-0.2, 0) is 0 Å². The Kier molecular flexibility index (Phi) is 3.34. The summed E-state index contributed by atoms with van der Waals surface area (Å²) in [6, 6.07) is 12.3. The topological polar surface area (TPSA) is 94.8 Å². The molecule has 0 saturated heterocycles. The number of rotatable bonds is 1. The number of hydrogen-bond donors (Lipinski definition) is 3. The zero-order valence-electron chi connectivity index (χ0n) is 13.8. The molecule has 0 fully saturated rings. The molecule has 3 aromatic carbocycles. The lowest BCUT2D eigenvalue weighted by Gasteiger charge is -2.21. The molecule has 3 aromatic rings. The van der Waals surface area contributed by atoms with Crippen LogP contribution in [0.2, 0.25) is 0 Å². The van der Waals surface area contributed by atoms with Crippen molar-refractivity contribution in [2.24, 2.45) is 0 Å². The van der Waals surface area contributed by atoms with Gasteiger partial charge in [-0.3, -0.25) is 9.59 Å². The minimum Gasteiger partial charge on any atom is -0.508 e. The van der Waals surface area contributed by atoms with Crippen LogP contribution >= 0.6 is 0 Å². The summed E-state index contributed by atoms with van der Waals surface area (Å²) in [6.45, 7) is 1.72. The average molecular weight is 346 g/mol. The molecule has 5 nitrogen and oxygen atoms in total. The molecule has 0 saturated carbocycles. The van der Waals surface area contributed by atoms with Gasteiger partial charge in [0.15, 0.2) is 11.6 Å². The standard InChI is InChI=1S/C21H14O5/c1-10-6-7-11(8-15(10)22)14-9-16(23)17-18(21(14)26)20(25)13-5-3-2-4-12(13)19(17)24/h2-9,22-23,26H,1H3. The van der Waals surface area contributed by atoms with Crippen LogP contribution in [0.5, 0.6) is 17.2 Å². The Hall–Kier alpha value is -3.60. The maximum atomic E-state index is 12.9. The van der Waals surface area contributed by atoms with Gasteiger partial charge in [0.05, 0.1) is 11.1 Å². The maximum Gasteiger partial charge on any atom is 0.198 e. The van der Waals surface area contributed by atoms with Crippen LogP contribution in [0.25, 0.3) is 11.1 Å². The van der Waals surface area contributed by atoms with Gasteiger partial charge in [-0.05, 0) is 30.2 Å². The third-order valence-corrected chi connectivity index (χ3v) is 4.67. The van der Waals surface area contributed by atoms with E-state index in [2.05, 4.69) is 0 Å². The van der Waals surface area contributed by atoms with Gasteiger partial charge in [0.25, 0.3) is 0 Å². The van der Waals surface area contributed by atoms with Gasteiger partial charge < -0.3 is 15.3 Å². The number of fused-ring (bicyclic) bond motifs is 2. The summed E-state index contributed by atoms with van der Waals surface area (Å²) in [5.41, 5.74) is 1.19. The van der Waals surface area contributed by atoms with Gasteiger partial charge in [0, 0.05) is 16.7 Å². The monoisotopic (exact) mass is 346 g/mol. The molecule has 0 unspecified atom stereocenters.